The van der Waals surface area contributed by atoms with Crippen molar-refractivity contribution in [1.29, 1.82) is 0 Å². The first-order chi connectivity index (χ1) is 10.7. The van der Waals surface area contributed by atoms with Crippen LogP contribution in [0.25, 0.3) is 0 Å². The number of hydrogen-bond donors (Lipinski definition) is 2. The molecule has 0 bridgehead atoms. The SMILES string of the molecule is CC(C)(C)OC(=O)NCCC1=NC(=O)c2cc(C(=O)O)ccc21. The number of aromatic carboxylic acids is 1. The maximum atomic E-state index is 11.8. The number of nitrogens with zero attached hydrogens (tertiary/aromatic N) is 1. The van der Waals surface area contributed by atoms with Crippen molar-refractivity contribution in [3.8, 4) is 0 Å². The Hall–Kier alpha value is -2.70. The number of benzene rings is 1. The van der Waals surface area contributed by atoms with Crippen molar-refractivity contribution >= 4 is 23.7 Å². The molecule has 1 aliphatic rings. The Kier molecular flexibility index (Phi) is 4.49. The smallest absolute Gasteiger partial charge is 0.407 e. The van der Waals surface area contributed by atoms with Crippen LogP contribution in [0.3, 0.4) is 0 Å². The van der Waals surface area contributed by atoms with E-state index in [1.165, 1.54) is 12.1 Å². The molecule has 1 aliphatic heterocycles. The van der Waals surface area contributed by atoms with Crippen molar-refractivity contribution in [2.45, 2.75) is 32.8 Å². The van der Waals surface area contributed by atoms with Gasteiger partial charge >= 0.3 is 12.1 Å². The monoisotopic (exact) mass is 318 g/mol. The summed E-state index contributed by atoms with van der Waals surface area (Å²) < 4.78 is 5.11. The number of nitrogens with one attached hydrogen (secondary N) is 1. The second kappa shape index (κ2) is 6.20. The highest BCUT2D eigenvalue weighted by molar-refractivity contribution is 6.21. The molecule has 7 heteroatoms. The lowest BCUT2D eigenvalue weighted by molar-refractivity contribution is 0.0528. The molecular weight excluding hydrogens is 300 g/mol. The predicted octanol–water partition coefficient (Wildman–Crippen LogP) is 2.24. The minimum absolute atomic E-state index is 0.0421. The van der Waals surface area contributed by atoms with Crippen LogP contribution in [0.1, 0.15) is 53.5 Å². The average Bonchev–Trinajstić information content (AvgIpc) is 2.73. The number of amides is 2. The molecule has 122 valence electrons. The van der Waals surface area contributed by atoms with Gasteiger partial charge in [-0.2, -0.15) is 0 Å². The Bertz CT molecular complexity index is 701. The summed E-state index contributed by atoms with van der Waals surface area (Å²) in [7, 11) is 0. The number of carboxylic acids is 1. The van der Waals surface area contributed by atoms with Crippen LogP contribution in [0, 0.1) is 0 Å². The highest BCUT2D eigenvalue weighted by Crippen LogP contribution is 2.22. The second-order valence-electron chi connectivity index (χ2n) is 6.11. The lowest BCUT2D eigenvalue weighted by atomic mass is 10.0. The van der Waals surface area contributed by atoms with Gasteiger partial charge in [0.1, 0.15) is 5.60 Å². The topological polar surface area (TPSA) is 105 Å². The number of rotatable bonds is 4. The summed E-state index contributed by atoms with van der Waals surface area (Å²) in [4.78, 5) is 38.3. The summed E-state index contributed by atoms with van der Waals surface area (Å²) >= 11 is 0. The number of carbonyl (C=O) groups is 3. The van der Waals surface area contributed by atoms with E-state index in [4.69, 9.17) is 9.84 Å². The quantitative estimate of drug-likeness (QED) is 0.885. The van der Waals surface area contributed by atoms with Crippen molar-refractivity contribution in [2.75, 3.05) is 6.54 Å². The summed E-state index contributed by atoms with van der Waals surface area (Å²) in [6, 6.07) is 4.31. The molecule has 0 aromatic heterocycles. The Balaban J connectivity index is 1.99. The zero-order chi connectivity index (χ0) is 17.2. The van der Waals surface area contributed by atoms with E-state index < -0.39 is 23.6 Å². The van der Waals surface area contributed by atoms with Crippen LogP contribution in [0.15, 0.2) is 23.2 Å². The molecule has 1 aromatic rings. The van der Waals surface area contributed by atoms with Gasteiger partial charge in [-0.3, -0.25) is 4.79 Å². The van der Waals surface area contributed by atoms with E-state index in [1.54, 1.807) is 26.8 Å². The minimum atomic E-state index is -1.10. The molecule has 0 saturated carbocycles. The number of ether oxygens (including phenoxy) is 1. The number of carbonyl (C=O) groups excluding carboxylic acids is 2. The average molecular weight is 318 g/mol. The number of fused-ring (bicyclic) bond motifs is 1. The predicted molar refractivity (Wildman–Crippen MR) is 83.1 cm³/mol. The molecule has 1 aromatic carbocycles. The first kappa shape index (κ1) is 16.7. The van der Waals surface area contributed by atoms with E-state index in [9.17, 15) is 14.4 Å². The molecule has 0 unspecified atom stereocenters. The van der Waals surface area contributed by atoms with E-state index in [0.29, 0.717) is 17.7 Å². The van der Waals surface area contributed by atoms with Gasteiger partial charge < -0.3 is 15.2 Å². The molecule has 2 rings (SSSR count). The maximum absolute atomic E-state index is 11.8. The molecule has 0 spiro atoms. The van der Waals surface area contributed by atoms with Gasteiger partial charge in [-0.1, -0.05) is 6.07 Å². The third-order valence-corrected chi connectivity index (χ3v) is 3.07. The Morgan fingerprint density at radius 1 is 1.26 bits per heavy atom. The Labute approximate surface area is 133 Å². The molecule has 0 aliphatic carbocycles. The van der Waals surface area contributed by atoms with E-state index in [1.807, 2.05) is 0 Å². The number of aliphatic imine (C=N–C) groups is 1. The van der Waals surface area contributed by atoms with Crippen molar-refractivity contribution in [2.24, 2.45) is 4.99 Å². The third kappa shape index (κ3) is 4.15. The van der Waals surface area contributed by atoms with Crippen molar-refractivity contribution in [3.63, 3.8) is 0 Å². The molecule has 1 heterocycles. The van der Waals surface area contributed by atoms with Crippen LogP contribution >= 0.6 is 0 Å². The van der Waals surface area contributed by atoms with Gasteiger partial charge in [0.05, 0.1) is 16.8 Å². The number of hydrogen-bond acceptors (Lipinski definition) is 4. The summed E-state index contributed by atoms with van der Waals surface area (Å²) in [6.07, 6.45) is -0.186. The van der Waals surface area contributed by atoms with Gasteiger partial charge in [-0.25, -0.2) is 14.6 Å². The van der Waals surface area contributed by atoms with Gasteiger partial charge in [0.25, 0.3) is 5.91 Å². The zero-order valence-electron chi connectivity index (χ0n) is 13.2. The van der Waals surface area contributed by atoms with Crippen LogP contribution in [-0.4, -0.2) is 40.9 Å². The third-order valence-electron chi connectivity index (χ3n) is 3.07. The van der Waals surface area contributed by atoms with E-state index >= 15 is 0 Å². The van der Waals surface area contributed by atoms with Gasteiger partial charge in [-0.15, -0.1) is 0 Å². The maximum Gasteiger partial charge on any atom is 0.407 e. The molecule has 23 heavy (non-hydrogen) atoms. The first-order valence-corrected chi connectivity index (χ1v) is 7.14. The fourth-order valence-electron chi connectivity index (χ4n) is 2.14. The van der Waals surface area contributed by atoms with Crippen LogP contribution in [0.4, 0.5) is 4.79 Å². The summed E-state index contributed by atoms with van der Waals surface area (Å²) in [6.45, 7) is 5.56. The molecular formula is C16H18N2O5. The summed E-state index contributed by atoms with van der Waals surface area (Å²) in [5.74, 6) is -1.56. The standard InChI is InChI=1S/C16H18N2O5/c1-16(2,3)23-15(22)17-7-6-12-10-5-4-9(14(20)21)8-11(10)13(19)18-12/h4-5,8H,6-7H2,1-3H3,(H,17,22)(H,20,21). The van der Waals surface area contributed by atoms with Crippen molar-refractivity contribution < 1.29 is 24.2 Å². The fraction of sp³-hybridized carbons (Fsp3) is 0.375. The minimum Gasteiger partial charge on any atom is -0.478 e. The highest BCUT2D eigenvalue weighted by Gasteiger charge is 2.24. The van der Waals surface area contributed by atoms with Gasteiger partial charge in [0, 0.05) is 18.5 Å². The molecule has 7 nitrogen and oxygen atoms in total. The number of alkyl carbamates (subject to hydrolysis) is 1. The van der Waals surface area contributed by atoms with Crippen molar-refractivity contribution in [3.05, 3.63) is 34.9 Å². The highest BCUT2D eigenvalue weighted by atomic mass is 16.6. The van der Waals surface area contributed by atoms with Crippen molar-refractivity contribution in [1.82, 2.24) is 5.32 Å². The fourth-order valence-corrected chi connectivity index (χ4v) is 2.14. The van der Waals surface area contributed by atoms with Crippen LogP contribution < -0.4 is 5.32 Å². The molecule has 2 amide bonds. The molecule has 0 radical (unpaired) electrons. The Morgan fingerprint density at radius 2 is 1.96 bits per heavy atom. The normalized spacial score (nSPS) is 13.3. The lowest BCUT2D eigenvalue weighted by Crippen LogP contribution is -2.33. The van der Waals surface area contributed by atoms with E-state index in [-0.39, 0.29) is 17.7 Å². The number of carboxylic acid groups (broad SMARTS) is 1. The molecule has 0 fully saturated rings. The van der Waals surface area contributed by atoms with E-state index in [2.05, 4.69) is 10.3 Å². The van der Waals surface area contributed by atoms with Crippen LogP contribution in [0.5, 0.6) is 0 Å². The Morgan fingerprint density at radius 3 is 2.57 bits per heavy atom. The lowest BCUT2D eigenvalue weighted by Gasteiger charge is -2.19. The van der Waals surface area contributed by atoms with E-state index in [0.717, 1.165) is 0 Å². The molecule has 0 atom stereocenters. The summed E-state index contributed by atoms with van der Waals surface area (Å²) in [5, 5.41) is 11.5. The second-order valence-corrected chi connectivity index (χ2v) is 6.11. The molecule has 0 saturated heterocycles. The van der Waals surface area contributed by atoms with Gasteiger partial charge in [0.15, 0.2) is 0 Å². The van der Waals surface area contributed by atoms with Gasteiger partial charge in [-0.05, 0) is 32.9 Å². The zero-order valence-corrected chi connectivity index (χ0v) is 13.2. The van der Waals surface area contributed by atoms with Crippen LogP contribution in [0.2, 0.25) is 0 Å². The summed E-state index contributed by atoms with van der Waals surface area (Å²) in [5.41, 5.74) is 0.867. The van der Waals surface area contributed by atoms with Crippen LogP contribution in [-0.2, 0) is 4.74 Å². The first-order valence-electron chi connectivity index (χ1n) is 7.14. The largest absolute Gasteiger partial charge is 0.478 e. The van der Waals surface area contributed by atoms with Gasteiger partial charge in [0.2, 0.25) is 0 Å². The molecule has 2 N–H and O–H groups in total.